The summed E-state index contributed by atoms with van der Waals surface area (Å²) in [6, 6.07) is 31.4. The molecule has 0 saturated heterocycles. The molecule has 6 nitrogen and oxygen atoms in total. The average Bonchev–Trinajstić information content (AvgIpc) is 3.73. The second-order valence-corrected chi connectivity index (χ2v) is 16.5. The number of aryl methyl sites for hydroxylation is 4. The van der Waals surface area contributed by atoms with Gasteiger partial charge >= 0.3 is 0 Å². The van der Waals surface area contributed by atoms with E-state index in [2.05, 4.69) is 4.98 Å². The van der Waals surface area contributed by atoms with Crippen LogP contribution in [-0.2, 0) is 45.4 Å². The quantitative estimate of drug-likeness (QED) is 0.122. The fourth-order valence-corrected chi connectivity index (χ4v) is 8.68. The predicted octanol–water partition coefficient (Wildman–Crippen LogP) is 9.49. The highest BCUT2D eigenvalue weighted by molar-refractivity contribution is 7.91. The Morgan fingerprint density at radius 2 is 0.946 bits per heavy atom. The molecule has 0 aliphatic rings. The Balaban J connectivity index is 0.000000192. The highest BCUT2D eigenvalue weighted by atomic mass is 32.2. The molecule has 0 radical (unpaired) electrons. The van der Waals surface area contributed by atoms with Gasteiger partial charge in [-0.1, -0.05) is 60.7 Å². The van der Waals surface area contributed by atoms with Gasteiger partial charge in [0.05, 0.1) is 26.7 Å². The SMILES string of the molecule is O=S(=O)(c1ccc(CCc2ccc(F)cc2F)cc1)c1ccccc1-n1ccnc1.O=S(=O)(c1ccc(CCc2ccc(F)cc2F)cc1)c1ccccc1F. The molecule has 1 aromatic heterocycles. The molecule has 0 bridgehead atoms. The molecule has 0 saturated carbocycles. The van der Waals surface area contributed by atoms with Crippen LogP contribution in [0.15, 0.2) is 172 Å². The number of nitrogens with zero attached hydrogens (tertiary/aromatic N) is 2. The fourth-order valence-electron chi connectivity index (χ4n) is 5.89. The molecule has 0 amide bonds. The third-order valence-electron chi connectivity index (χ3n) is 8.93. The smallest absolute Gasteiger partial charge is 0.209 e. The average molecular weight is 801 g/mol. The lowest BCUT2D eigenvalue weighted by atomic mass is 10.0. The Hall–Kier alpha value is -5.92. The van der Waals surface area contributed by atoms with E-state index in [4.69, 9.17) is 0 Å². The molecular formula is C43H33F5N2O4S2. The summed E-state index contributed by atoms with van der Waals surface area (Å²) in [7, 11) is -7.68. The van der Waals surface area contributed by atoms with Gasteiger partial charge in [-0.15, -0.1) is 0 Å². The third-order valence-corrected chi connectivity index (χ3v) is 12.5. The number of aromatic nitrogens is 2. The molecule has 0 atom stereocenters. The number of benzene rings is 6. The Kier molecular flexibility index (Phi) is 12.3. The summed E-state index contributed by atoms with van der Waals surface area (Å²) in [5, 5.41) is 0. The largest absolute Gasteiger partial charge is 0.305 e. The molecular weight excluding hydrogens is 768 g/mol. The lowest BCUT2D eigenvalue weighted by molar-refractivity contribution is 0.566. The van der Waals surface area contributed by atoms with Crippen LogP contribution in [0.1, 0.15) is 22.3 Å². The monoisotopic (exact) mass is 800 g/mol. The number of sulfone groups is 2. The van der Waals surface area contributed by atoms with Gasteiger partial charge in [0.2, 0.25) is 19.7 Å². The molecule has 6 aromatic carbocycles. The number of hydrogen-bond acceptors (Lipinski definition) is 5. The van der Waals surface area contributed by atoms with Gasteiger partial charge in [0.1, 0.15) is 34.0 Å². The molecule has 1 heterocycles. The first kappa shape index (κ1) is 39.8. The maximum Gasteiger partial charge on any atom is 0.209 e. The highest BCUT2D eigenvalue weighted by Crippen LogP contribution is 2.28. The van der Waals surface area contributed by atoms with E-state index < -0.39 is 48.8 Å². The zero-order chi connectivity index (χ0) is 39.9. The molecule has 0 aliphatic carbocycles. The van der Waals surface area contributed by atoms with Gasteiger partial charge in [-0.25, -0.2) is 43.8 Å². The van der Waals surface area contributed by atoms with Gasteiger partial charge in [-0.05, 0) is 109 Å². The van der Waals surface area contributed by atoms with Gasteiger partial charge in [-0.2, -0.15) is 0 Å². The maximum absolute atomic E-state index is 13.8. The number of rotatable bonds is 11. The van der Waals surface area contributed by atoms with E-state index >= 15 is 0 Å². The summed E-state index contributed by atoms with van der Waals surface area (Å²) in [5.74, 6) is -3.23. The molecule has 56 heavy (non-hydrogen) atoms. The summed E-state index contributed by atoms with van der Waals surface area (Å²) in [4.78, 5) is 3.95. The maximum atomic E-state index is 13.8. The molecule has 0 spiro atoms. The van der Waals surface area contributed by atoms with Crippen LogP contribution < -0.4 is 0 Å². The topological polar surface area (TPSA) is 86.1 Å². The second-order valence-electron chi connectivity index (χ2n) is 12.6. The van der Waals surface area contributed by atoms with Gasteiger partial charge in [0.25, 0.3) is 0 Å². The number of hydrogen-bond donors (Lipinski definition) is 0. The van der Waals surface area contributed by atoms with Crippen LogP contribution in [0, 0.1) is 29.1 Å². The zero-order valence-corrected chi connectivity index (χ0v) is 31.1. The minimum absolute atomic E-state index is 0.0145. The molecule has 286 valence electrons. The van der Waals surface area contributed by atoms with Gasteiger partial charge in [0.15, 0.2) is 0 Å². The highest BCUT2D eigenvalue weighted by Gasteiger charge is 2.23. The van der Waals surface area contributed by atoms with Crippen LogP contribution in [0.25, 0.3) is 5.69 Å². The first-order valence-corrected chi connectivity index (χ1v) is 20.2. The minimum atomic E-state index is -3.94. The van der Waals surface area contributed by atoms with Crippen molar-refractivity contribution in [1.29, 1.82) is 0 Å². The zero-order valence-electron chi connectivity index (χ0n) is 29.5. The van der Waals surface area contributed by atoms with E-state index in [0.717, 1.165) is 29.3 Å². The van der Waals surface area contributed by atoms with Crippen LogP contribution in [-0.4, -0.2) is 26.4 Å². The molecule has 0 fully saturated rings. The van der Waals surface area contributed by atoms with Crippen LogP contribution in [0.3, 0.4) is 0 Å². The molecule has 7 rings (SSSR count). The van der Waals surface area contributed by atoms with E-state index in [0.29, 0.717) is 42.5 Å². The fraction of sp³-hybridized carbons (Fsp3) is 0.0930. The summed E-state index contributed by atoms with van der Waals surface area (Å²) < 4.78 is 120. The lowest BCUT2D eigenvalue weighted by Crippen LogP contribution is -2.07. The second kappa shape index (κ2) is 17.3. The van der Waals surface area contributed by atoms with E-state index in [-0.39, 0.29) is 19.6 Å². The minimum Gasteiger partial charge on any atom is -0.305 e. The lowest BCUT2D eigenvalue weighted by Gasteiger charge is -2.11. The number of para-hydroxylation sites is 1. The summed E-state index contributed by atoms with van der Waals surface area (Å²) in [5.41, 5.74) is 2.98. The van der Waals surface area contributed by atoms with Crippen LogP contribution in [0.2, 0.25) is 0 Å². The summed E-state index contributed by atoms with van der Waals surface area (Å²) >= 11 is 0. The Labute approximate surface area is 321 Å². The Morgan fingerprint density at radius 3 is 1.41 bits per heavy atom. The van der Waals surface area contributed by atoms with Crippen molar-refractivity contribution in [2.24, 2.45) is 0 Å². The molecule has 13 heteroatoms. The van der Waals surface area contributed by atoms with Gasteiger partial charge in [0, 0.05) is 24.5 Å². The molecule has 0 unspecified atom stereocenters. The summed E-state index contributed by atoms with van der Waals surface area (Å²) in [6.07, 6.45) is 6.53. The van der Waals surface area contributed by atoms with Crippen molar-refractivity contribution >= 4 is 19.7 Å². The Morgan fingerprint density at radius 1 is 0.482 bits per heavy atom. The molecule has 0 aliphatic heterocycles. The van der Waals surface area contributed by atoms with Crippen LogP contribution in [0.5, 0.6) is 0 Å². The Bertz CT molecular complexity index is 2670. The van der Waals surface area contributed by atoms with Crippen molar-refractivity contribution in [3.63, 3.8) is 0 Å². The van der Waals surface area contributed by atoms with Crippen molar-refractivity contribution in [1.82, 2.24) is 9.55 Å². The summed E-state index contributed by atoms with van der Waals surface area (Å²) in [6.45, 7) is 0. The van der Waals surface area contributed by atoms with Crippen molar-refractivity contribution in [3.05, 3.63) is 204 Å². The van der Waals surface area contributed by atoms with Crippen molar-refractivity contribution < 1.29 is 38.8 Å². The van der Waals surface area contributed by atoms with Crippen LogP contribution in [0.4, 0.5) is 22.0 Å². The molecule has 7 aromatic rings. The standard InChI is InChI=1S/C23H18F2N2O2S.C20H15F3O2S/c24-19-10-9-18(21(25)15-19)8-5-17-6-11-20(12-7-17)30(28,29)23-4-2-1-3-22(23)27-14-13-26-16-27;21-16-10-9-15(19(23)13-16)8-5-14-6-11-17(12-7-14)26(24,25)20-4-2-1-3-18(20)22/h1-4,6-7,9-16H,5,8H2;1-4,6-7,9-13H,5,8H2. The first-order valence-electron chi connectivity index (χ1n) is 17.2. The normalized spacial score (nSPS) is 11.5. The van der Waals surface area contributed by atoms with Gasteiger partial charge < -0.3 is 4.57 Å². The van der Waals surface area contributed by atoms with Gasteiger partial charge in [-0.3, -0.25) is 0 Å². The number of halogens is 5. The van der Waals surface area contributed by atoms with Crippen molar-refractivity contribution in [3.8, 4) is 5.69 Å². The molecule has 0 N–H and O–H groups in total. The third kappa shape index (κ3) is 9.29. The van der Waals surface area contributed by atoms with E-state index in [1.807, 2.05) is 0 Å². The van der Waals surface area contributed by atoms with E-state index in [1.165, 1.54) is 54.6 Å². The number of imidazole rings is 1. The van der Waals surface area contributed by atoms with E-state index in [9.17, 15) is 38.8 Å². The van der Waals surface area contributed by atoms with Crippen molar-refractivity contribution in [2.75, 3.05) is 0 Å². The van der Waals surface area contributed by atoms with E-state index in [1.54, 1.807) is 84.0 Å². The van der Waals surface area contributed by atoms with Crippen LogP contribution >= 0.6 is 0 Å². The first-order chi connectivity index (χ1) is 26.8. The van der Waals surface area contributed by atoms with Crippen molar-refractivity contribution in [2.45, 2.75) is 45.3 Å². The predicted molar refractivity (Wildman–Crippen MR) is 201 cm³/mol.